The molecule has 0 saturated carbocycles. The molecule has 0 bridgehead atoms. The summed E-state index contributed by atoms with van der Waals surface area (Å²) >= 11 is 6.08. The van der Waals surface area contributed by atoms with Crippen molar-refractivity contribution in [1.82, 2.24) is 5.32 Å². The molecule has 2 aliphatic heterocycles. The highest BCUT2D eigenvalue weighted by molar-refractivity contribution is 6.30. The summed E-state index contributed by atoms with van der Waals surface area (Å²) in [5.74, 6) is 1.66. The maximum Gasteiger partial charge on any atom is 0.0426 e. The standard InChI is InChI=1S/C13H17ClN2.ClH/c1-9-2-3-12(14)4-13(9)16-7-10-5-15-6-11(10)8-16;/h2-4,10-11,15H,5-8H2,1H3;1H. The third kappa shape index (κ3) is 2.40. The van der Waals surface area contributed by atoms with Gasteiger partial charge in [-0.3, -0.25) is 0 Å². The predicted molar refractivity (Wildman–Crippen MR) is 75.5 cm³/mol. The van der Waals surface area contributed by atoms with Gasteiger partial charge in [-0.1, -0.05) is 17.7 Å². The second kappa shape index (κ2) is 5.05. The Morgan fingerprint density at radius 3 is 2.53 bits per heavy atom. The van der Waals surface area contributed by atoms with Gasteiger partial charge in [0.15, 0.2) is 0 Å². The molecule has 1 aromatic rings. The van der Waals surface area contributed by atoms with Gasteiger partial charge in [-0.25, -0.2) is 0 Å². The molecule has 2 unspecified atom stereocenters. The summed E-state index contributed by atoms with van der Waals surface area (Å²) in [5, 5.41) is 4.31. The van der Waals surface area contributed by atoms with Crippen LogP contribution in [0.3, 0.4) is 0 Å². The average Bonchev–Trinajstić information content (AvgIpc) is 2.81. The van der Waals surface area contributed by atoms with Crippen LogP contribution in [0.2, 0.25) is 5.02 Å². The summed E-state index contributed by atoms with van der Waals surface area (Å²) in [6.07, 6.45) is 0. The average molecular weight is 273 g/mol. The number of halogens is 2. The van der Waals surface area contributed by atoms with E-state index < -0.39 is 0 Å². The number of hydrogen-bond donors (Lipinski definition) is 1. The fourth-order valence-electron chi connectivity index (χ4n) is 2.98. The predicted octanol–water partition coefficient (Wildman–Crippen LogP) is 2.73. The van der Waals surface area contributed by atoms with E-state index in [4.69, 9.17) is 11.6 Å². The molecule has 4 heteroatoms. The Morgan fingerprint density at radius 2 is 1.88 bits per heavy atom. The van der Waals surface area contributed by atoms with Crippen molar-refractivity contribution in [1.29, 1.82) is 0 Å². The molecule has 0 amide bonds. The first-order chi connectivity index (χ1) is 7.74. The number of anilines is 1. The van der Waals surface area contributed by atoms with Gasteiger partial charge >= 0.3 is 0 Å². The summed E-state index contributed by atoms with van der Waals surface area (Å²) in [6.45, 7) is 6.89. The van der Waals surface area contributed by atoms with E-state index in [0.717, 1.165) is 16.9 Å². The SMILES string of the molecule is Cc1ccc(Cl)cc1N1CC2CNCC2C1.Cl. The first-order valence-electron chi connectivity index (χ1n) is 5.96. The smallest absolute Gasteiger partial charge is 0.0426 e. The molecule has 0 aromatic heterocycles. The van der Waals surface area contributed by atoms with Gasteiger partial charge in [-0.15, -0.1) is 12.4 Å². The van der Waals surface area contributed by atoms with Gasteiger partial charge in [0.05, 0.1) is 0 Å². The lowest BCUT2D eigenvalue weighted by molar-refractivity contribution is 0.533. The Balaban J connectivity index is 0.00000108. The van der Waals surface area contributed by atoms with Gasteiger partial charge in [0.2, 0.25) is 0 Å². The van der Waals surface area contributed by atoms with Gasteiger partial charge in [-0.2, -0.15) is 0 Å². The van der Waals surface area contributed by atoms with Crippen LogP contribution in [0, 0.1) is 18.8 Å². The van der Waals surface area contributed by atoms with Crippen LogP contribution in [-0.2, 0) is 0 Å². The van der Waals surface area contributed by atoms with Crippen LogP contribution in [0.25, 0.3) is 0 Å². The van der Waals surface area contributed by atoms with Gasteiger partial charge in [0.1, 0.15) is 0 Å². The van der Waals surface area contributed by atoms with Crippen molar-refractivity contribution in [3.8, 4) is 0 Å². The van der Waals surface area contributed by atoms with Crippen LogP contribution < -0.4 is 10.2 Å². The molecule has 2 aliphatic rings. The molecule has 3 rings (SSSR count). The lowest BCUT2D eigenvalue weighted by Crippen LogP contribution is -2.25. The van der Waals surface area contributed by atoms with E-state index in [-0.39, 0.29) is 12.4 Å². The summed E-state index contributed by atoms with van der Waals surface area (Å²) in [4.78, 5) is 2.50. The lowest BCUT2D eigenvalue weighted by atomic mass is 10.0. The van der Waals surface area contributed by atoms with E-state index in [0.29, 0.717) is 0 Å². The third-order valence-corrected chi connectivity index (χ3v) is 4.14. The monoisotopic (exact) mass is 272 g/mol. The van der Waals surface area contributed by atoms with Crippen molar-refractivity contribution in [2.45, 2.75) is 6.92 Å². The van der Waals surface area contributed by atoms with Gasteiger partial charge in [0.25, 0.3) is 0 Å². The van der Waals surface area contributed by atoms with Gasteiger partial charge in [-0.05, 0) is 36.5 Å². The Bertz CT molecular complexity index is 396. The molecule has 0 radical (unpaired) electrons. The Kier molecular flexibility index (Phi) is 3.86. The number of aryl methyl sites for hydroxylation is 1. The largest absolute Gasteiger partial charge is 0.371 e. The number of rotatable bonds is 1. The van der Waals surface area contributed by atoms with Crippen LogP contribution >= 0.6 is 24.0 Å². The number of benzene rings is 1. The molecule has 1 aromatic carbocycles. The Morgan fingerprint density at radius 1 is 1.24 bits per heavy atom. The second-order valence-electron chi connectivity index (χ2n) is 5.01. The van der Waals surface area contributed by atoms with E-state index in [1.54, 1.807) is 0 Å². The van der Waals surface area contributed by atoms with E-state index in [1.165, 1.54) is 37.4 Å². The maximum absolute atomic E-state index is 6.08. The van der Waals surface area contributed by atoms with Crippen molar-refractivity contribution in [2.24, 2.45) is 11.8 Å². The summed E-state index contributed by atoms with van der Waals surface area (Å²) < 4.78 is 0. The zero-order chi connectivity index (χ0) is 11.1. The molecule has 1 N–H and O–H groups in total. The number of fused-ring (bicyclic) bond motifs is 1. The van der Waals surface area contributed by atoms with Gasteiger partial charge < -0.3 is 10.2 Å². The molecule has 2 atom stereocenters. The fraction of sp³-hybridized carbons (Fsp3) is 0.538. The maximum atomic E-state index is 6.08. The Labute approximate surface area is 114 Å². The minimum atomic E-state index is 0. The first kappa shape index (κ1) is 13.0. The van der Waals surface area contributed by atoms with Crippen molar-refractivity contribution in [3.05, 3.63) is 28.8 Å². The number of hydrogen-bond acceptors (Lipinski definition) is 2. The molecule has 2 fully saturated rings. The number of nitrogens with zero attached hydrogens (tertiary/aromatic N) is 1. The third-order valence-electron chi connectivity index (χ3n) is 3.90. The van der Waals surface area contributed by atoms with Crippen molar-refractivity contribution < 1.29 is 0 Å². The highest BCUT2D eigenvalue weighted by Crippen LogP contribution is 2.33. The van der Waals surface area contributed by atoms with Crippen molar-refractivity contribution >= 4 is 29.7 Å². The van der Waals surface area contributed by atoms with E-state index >= 15 is 0 Å². The molecule has 2 heterocycles. The van der Waals surface area contributed by atoms with Crippen LogP contribution in [0.4, 0.5) is 5.69 Å². The van der Waals surface area contributed by atoms with Crippen molar-refractivity contribution in [3.63, 3.8) is 0 Å². The van der Waals surface area contributed by atoms with E-state index in [1.807, 2.05) is 6.07 Å². The summed E-state index contributed by atoms with van der Waals surface area (Å²) in [7, 11) is 0. The molecule has 0 spiro atoms. The van der Waals surface area contributed by atoms with Crippen LogP contribution in [0.1, 0.15) is 5.56 Å². The minimum absolute atomic E-state index is 0. The van der Waals surface area contributed by atoms with E-state index in [2.05, 4.69) is 29.3 Å². The zero-order valence-corrected chi connectivity index (χ0v) is 11.5. The Hall–Kier alpha value is -0.440. The zero-order valence-electron chi connectivity index (χ0n) is 9.95. The molecule has 2 saturated heterocycles. The highest BCUT2D eigenvalue weighted by Gasteiger charge is 2.36. The molecular formula is C13H18Cl2N2. The minimum Gasteiger partial charge on any atom is -0.371 e. The molecular weight excluding hydrogens is 255 g/mol. The molecule has 94 valence electrons. The van der Waals surface area contributed by atoms with Gasteiger partial charge in [0, 0.05) is 36.9 Å². The normalized spacial score (nSPS) is 26.8. The van der Waals surface area contributed by atoms with E-state index in [9.17, 15) is 0 Å². The van der Waals surface area contributed by atoms with Crippen molar-refractivity contribution in [2.75, 3.05) is 31.1 Å². The van der Waals surface area contributed by atoms with Crippen LogP contribution in [0.15, 0.2) is 18.2 Å². The van der Waals surface area contributed by atoms with Crippen LogP contribution in [-0.4, -0.2) is 26.2 Å². The fourth-order valence-corrected chi connectivity index (χ4v) is 3.14. The topological polar surface area (TPSA) is 15.3 Å². The lowest BCUT2D eigenvalue weighted by Gasteiger charge is -2.22. The number of nitrogens with one attached hydrogen (secondary N) is 1. The molecule has 2 nitrogen and oxygen atoms in total. The van der Waals surface area contributed by atoms with Crippen LogP contribution in [0.5, 0.6) is 0 Å². The summed E-state index contributed by atoms with van der Waals surface area (Å²) in [5.41, 5.74) is 2.65. The first-order valence-corrected chi connectivity index (χ1v) is 6.33. The quantitative estimate of drug-likeness (QED) is 0.846. The highest BCUT2D eigenvalue weighted by atomic mass is 35.5. The second-order valence-corrected chi connectivity index (χ2v) is 5.45. The summed E-state index contributed by atoms with van der Waals surface area (Å²) in [6, 6.07) is 6.19. The molecule has 0 aliphatic carbocycles. The molecule has 17 heavy (non-hydrogen) atoms.